The van der Waals surface area contributed by atoms with E-state index in [0.29, 0.717) is 11.5 Å². The van der Waals surface area contributed by atoms with Crippen molar-refractivity contribution in [1.82, 2.24) is 14.8 Å². The highest BCUT2D eigenvalue weighted by Gasteiger charge is 2.15. The Morgan fingerprint density at radius 2 is 1.77 bits per heavy atom. The minimum Gasteiger partial charge on any atom is -0.325 e. The van der Waals surface area contributed by atoms with Crippen LogP contribution in [-0.4, -0.2) is 26.4 Å². The fourth-order valence-electron chi connectivity index (χ4n) is 3.62. The van der Waals surface area contributed by atoms with Crippen LogP contribution in [0.25, 0.3) is 11.4 Å². The number of thioether (sulfide) groups is 1. The van der Waals surface area contributed by atoms with Gasteiger partial charge in [-0.2, -0.15) is 0 Å². The van der Waals surface area contributed by atoms with Crippen LogP contribution in [0, 0.1) is 5.82 Å². The van der Waals surface area contributed by atoms with Crippen LogP contribution in [0.4, 0.5) is 10.1 Å². The zero-order valence-corrected chi connectivity index (χ0v) is 17.6. The molecule has 0 aliphatic carbocycles. The Hall–Kier alpha value is -2.67. The molecule has 0 saturated heterocycles. The van der Waals surface area contributed by atoms with Crippen molar-refractivity contribution in [2.75, 3.05) is 11.1 Å². The molecular formula is C23H25FN4OS. The largest absolute Gasteiger partial charge is 0.325 e. The Labute approximate surface area is 180 Å². The summed E-state index contributed by atoms with van der Waals surface area (Å²) in [5.41, 5.74) is 2.78. The van der Waals surface area contributed by atoms with Gasteiger partial charge in [0.25, 0.3) is 0 Å². The van der Waals surface area contributed by atoms with E-state index in [4.69, 9.17) is 0 Å². The van der Waals surface area contributed by atoms with E-state index in [-0.39, 0.29) is 11.7 Å². The topological polar surface area (TPSA) is 59.8 Å². The van der Waals surface area contributed by atoms with Gasteiger partial charge in [0.2, 0.25) is 5.91 Å². The zero-order chi connectivity index (χ0) is 20.8. The Morgan fingerprint density at radius 1 is 1.00 bits per heavy atom. The molecule has 0 atom stereocenters. The van der Waals surface area contributed by atoms with Gasteiger partial charge in [-0.15, -0.1) is 22.0 Å². The average molecular weight is 425 g/mol. The first kappa shape index (κ1) is 20.6. The molecule has 1 aromatic heterocycles. The van der Waals surface area contributed by atoms with E-state index >= 15 is 0 Å². The van der Waals surface area contributed by atoms with Crippen molar-refractivity contribution in [2.24, 2.45) is 0 Å². The summed E-state index contributed by atoms with van der Waals surface area (Å²) in [5, 5.41) is 11.7. The standard InChI is InChI=1S/C23H25FN4OS/c24-19-10-6-17(7-11-19)15-30-16-22(29)25-20-12-8-18(9-13-20)23-27-26-21-5-3-1-2-4-14-28(21)23/h6-13H,1-5,14-16H2,(H,25,29). The first-order valence-corrected chi connectivity index (χ1v) is 11.5. The number of halogens is 1. The minimum atomic E-state index is -0.248. The SMILES string of the molecule is O=C(CSCc1ccc(F)cc1)Nc1ccc(-c2nnc3n2CCCCCC3)cc1. The monoisotopic (exact) mass is 424 g/mol. The molecule has 0 spiro atoms. The van der Waals surface area contributed by atoms with Crippen LogP contribution in [0.5, 0.6) is 0 Å². The number of fused-ring (bicyclic) bond motifs is 1. The van der Waals surface area contributed by atoms with Gasteiger partial charge in [0, 0.05) is 30.0 Å². The summed E-state index contributed by atoms with van der Waals surface area (Å²) in [6, 6.07) is 14.1. The van der Waals surface area contributed by atoms with Crippen LogP contribution in [0.2, 0.25) is 0 Å². The van der Waals surface area contributed by atoms with Gasteiger partial charge >= 0.3 is 0 Å². The lowest BCUT2D eigenvalue weighted by atomic mass is 10.1. The molecule has 2 heterocycles. The molecule has 4 rings (SSSR count). The van der Waals surface area contributed by atoms with Crippen LogP contribution in [0.15, 0.2) is 48.5 Å². The molecule has 3 aromatic rings. The van der Waals surface area contributed by atoms with E-state index in [9.17, 15) is 9.18 Å². The molecule has 0 radical (unpaired) electrons. The van der Waals surface area contributed by atoms with Gasteiger partial charge in [-0.3, -0.25) is 4.79 Å². The number of amides is 1. The van der Waals surface area contributed by atoms with Gasteiger partial charge in [0.05, 0.1) is 5.75 Å². The molecule has 1 N–H and O–H groups in total. The third-order valence-electron chi connectivity index (χ3n) is 5.20. The first-order chi connectivity index (χ1) is 14.7. The predicted molar refractivity (Wildman–Crippen MR) is 119 cm³/mol. The molecule has 7 heteroatoms. The number of hydrogen-bond donors (Lipinski definition) is 1. The van der Waals surface area contributed by atoms with E-state index in [2.05, 4.69) is 20.1 Å². The summed E-state index contributed by atoms with van der Waals surface area (Å²) < 4.78 is 15.2. The van der Waals surface area contributed by atoms with E-state index in [1.807, 2.05) is 24.3 Å². The van der Waals surface area contributed by atoms with Crippen LogP contribution < -0.4 is 5.32 Å². The van der Waals surface area contributed by atoms with Crippen molar-refractivity contribution < 1.29 is 9.18 Å². The van der Waals surface area contributed by atoms with Crippen LogP contribution in [-0.2, 0) is 23.5 Å². The Morgan fingerprint density at radius 3 is 2.57 bits per heavy atom. The maximum atomic E-state index is 12.9. The third kappa shape index (κ3) is 5.27. The summed E-state index contributed by atoms with van der Waals surface area (Å²) in [4.78, 5) is 12.2. The van der Waals surface area contributed by atoms with Crippen molar-refractivity contribution >= 4 is 23.4 Å². The van der Waals surface area contributed by atoms with Gasteiger partial charge < -0.3 is 9.88 Å². The number of benzene rings is 2. The second kappa shape index (κ2) is 9.89. The molecule has 30 heavy (non-hydrogen) atoms. The number of aromatic nitrogens is 3. The molecule has 1 aliphatic heterocycles. The van der Waals surface area contributed by atoms with Crippen LogP contribution >= 0.6 is 11.8 Å². The van der Waals surface area contributed by atoms with E-state index in [1.165, 1.54) is 43.2 Å². The second-order valence-electron chi connectivity index (χ2n) is 7.50. The molecule has 1 amide bonds. The number of nitrogens with zero attached hydrogens (tertiary/aromatic N) is 3. The van der Waals surface area contributed by atoms with Gasteiger partial charge in [-0.25, -0.2) is 4.39 Å². The zero-order valence-electron chi connectivity index (χ0n) is 16.8. The number of hydrogen-bond acceptors (Lipinski definition) is 4. The molecule has 156 valence electrons. The normalized spacial score (nSPS) is 13.9. The van der Waals surface area contributed by atoms with Crippen molar-refractivity contribution in [2.45, 2.75) is 44.4 Å². The van der Waals surface area contributed by atoms with Gasteiger partial charge in [0.1, 0.15) is 11.6 Å². The number of anilines is 1. The maximum absolute atomic E-state index is 12.9. The Balaban J connectivity index is 1.32. The lowest BCUT2D eigenvalue weighted by Crippen LogP contribution is -2.14. The number of rotatable bonds is 6. The Bertz CT molecular complexity index is 985. The number of nitrogens with one attached hydrogen (secondary N) is 1. The van der Waals surface area contributed by atoms with Gasteiger partial charge in [-0.05, 0) is 54.8 Å². The molecule has 1 aliphatic rings. The van der Waals surface area contributed by atoms with Crippen molar-refractivity contribution in [3.05, 3.63) is 65.7 Å². The maximum Gasteiger partial charge on any atom is 0.234 e. The first-order valence-electron chi connectivity index (χ1n) is 10.3. The molecular weight excluding hydrogens is 399 g/mol. The lowest BCUT2D eigenvalue weighted by Gasteiger charge is -2.13. The Kier molecular flexibility index (Phi) is 6.79. The van der Waals surface area contributed by atoms with E-state index in [0.717, 1.165) is 47.8 Å². The van der Waals surface area contributed by atoms with Crippen molar-refractivity contribution in [1.29, 1.82) is 0 Å². The minimum absolute atomic E-state index is 0.0533. The quantitative estimate of drug-likeness (QED) is 0.600. The summed E-state index contributed by atoms with van der Waals surface area (Å²) in [7, 11) is 0. The second-order valence-corrected chi connectivity index (χ2v) is 8.49. The van der Waals surface area contributed by atoms with Crippen LogP contribution in [0.3, 0.4) is 0 Å². The summed E-state index contributed by atoms with van der Waals surface area (Å²) in [5.74, 6) is 2.69. The van der Waals surface area contributed by atoms with Crippen molar-refractivity contribution in [3.8, 4) is 11.4 Å². The number of carbonyl (C=O) groups excluding carboxylic acids is 1. The average Bonchev–Trinajstić information content (AvgIpc) is 3.11. The summed E-state index contributed by atoms with van der Waals surface area (Å²) >= 11 is 1.50. The summed E-state index contributed by atoms with van der Waals surface area (Å²) in [6.45, 7) is 0.960. The van der Waals surface area contributed by atoms with Gasteiger partial charge in [0.15, 0.2) is 5.82 Å². The highest BCUT2D eigenvalue weighted by molar-refractivity contribution is 7.99. The highest BCUT2D eigenvalue weighted by atomic mass is 32.2. The number of carbonyl (C=O) groups is 1. The molecule has 0 unspecified atom stereocenters. The molecule has 0 bridgehead atoms. The highest BCUT2D eigenvalue weighted by Crippen LogP contribution is 2.24. The number of aryl methyl sites for hydroxylation is 1. The molecule has 5 nitrogen and oxygen atoms in total. The fraction of sp³-hybridized carbons (Fsp3) is 0.348. The van der Waals surface area contributed by atoms with Crippen LogP contribution in [0.1, 0.15) is 37.1 Å². The third-order valence-corrected chi connectivity index (χ3v) is 6.21. The summed E-state index contributed by atoms with van der Waals surface area (Å²) in [6.07, 6.45) is 5.82. The lowest BCUT2D eigenvalue weighted by molar-refractivity contribution is -0.113. The van der Waals surface area contributed by atoms with E-state index < -0.39 is 0 Å². The smallest absolute Gasteiger partial charge is 0.234 e. The van der Waals surface area contributed by atoms with Crippen molar-refractivity contribution in [3.63, 3.8) is 0 Å². The molecule has 2 aromatic carbocycles. The molecule has 0 saturated carbocycles. The molecule has 0 fully saturated rings. The van der Waals surface area contributed by atoms with Gasteiger partial charge in [-0.1, -0.05) is 25.0 Å². The fourth-order valence-corrected chi connectivity index (χ4v) is 4.41. The predicted octanol–water partition coefficient (Wildman–Crippen LogP) is 5.07. The van der Waals surface area contributed by atoms with E-state index in [1.54, 1.807) is 12.1 Å².